The molecule has 3 aromatic carbocycles. The first-order valence-corrected chi connectivity index (χ1v) is 9.23. The highest BCUT2D eigenvalue weighted by Crippen LogP contribution is 2.31. The number of phenols is 1. The maximum Gasteiger partial charge on any atom is 0.339 e. The lowest BCUT2D eigenvalue weighted by atomic mass is 10.0. The number of aromatic nitrogens is 1. The van der Waals surface area contributed by atoms with Crippen LogP contribution in [-0.2, 0) is 6.42 Å². The molecule has 0 aliphatic carbocycles. The molecule has 0 aliphatic heterocycles. The molecule has 0 saturated heterocycles. The van der Waals surface area contributed by atoms with Crippen molar-refractivity contribution >= 4 is 28.5 Å². The Kier molecular flexibility index (Phi) is 4.57. The fourth-order valence-electron chi connectivity index (χ4n) is 3.54. The van der Waals surface area contributed by atoms with Crippen molar-refractivity contribution in [3.05, 3.63) is 94.1 Å². The van der Waals surface area contributed by atoms with E-state index in [2.05, 4.69) is 6.07 Å². The lowest BCUT2D eigenvalue weighted by molar-refractivity contribution is 0.0694. The van der Waals surface area contributed by atoms with Gasteiger partial charge in [0.15, 0.2) is 0 Å². The molecule has 4 nitrogen and oxygen atoms in total. The third-order valence-electron chi connectivity index (χ3n) is 5.00. The van der Waals surface area contributed by atoms with Gasteiger partial charge in [0.2, 0.25) is 0 Å². The number of nitrogens with zero attached hydrogens (tertiary/aromatic N) is 1. The summed E-state index contributed by atoms with van der Waals surface area (Å²) in [5, 5.41) is 21.1. The first kappa shape index (κ1) is 18.1. The third kappa shape index (κ3) is 3.12. The van der Waals surface area contributed by atoms with Gasteiger partial charge in [0, 0.05) is 34.8 Å². The Bertz CT molecular complexity index is 1190. The molecule has 0 spiro atoms. The molecule has 0 saturated carbocycles. The number of fused-ring (bicyclic) bond motifs is 1. The number of aryl methyl sites for hydroxylation is 1. The van der Waals surface area contributed by atoms with Crippen LogP contribution in [-0.4, -0.2) is 20.7 Å². The lowest BCUT2D eigenvalue weighted by Crippen LogP contribution is -1.99. The average molecular weight is 392 g/mol. The largest absolute Gasteiger partial charge is 0.507 e. The smallest absolute Gasteiger partial charge is 0.339 e. The van der Waals surface area contributed by atoms with E-state index >= 15 is 0 Å². The van der Waals surface area contributed by atoms with Crippen molar-refractivity contribution in [2.45, 2.75) is 13.3 Å². The number of benzene rings is 3. The van der Waals surface area contributed by atoms with E-state index in [0.29, 0.717) is 12.1 Å². The number of halogens is 1. The summed E-state index contributed by atoms with van der Waals surface area (Å²) in [5.41, 5.74) is 4.87. The van der Waals surface area contributed by atoms with Crippen LogP contribution >= 0.6 is 11.6 Å². The molecular formula is C23H18ClNO3. The topological polar surface area (TPSA) is 62.5 Å². The zero-order chi connectivity index (χ0) is 19.8. The standard InChI is InChI=1S/C23H18ClNO3/c1-14-5-4-7-20(24)19(14)11-15-13-25(21-8-3-2-6-17(15)21)16-9-10-18(23(27)28)22(26)12-16/h2-10,12-13,26H,11H2,1H3,(H,27,28). The first-order chi connectivity index (χ1) is 13.5. The Morgan fingerprint density at radius 2 is 1.86 bits per heavy atom. The minimum Gasteiger partial charge on any atom is -0.507 e. The summed E-state index contributed by atoms with van der Waals surface area (Å²) in [6.07, 6.45) is 2.70. The highest BCUT2D eigenvalue weighted by Gasteiger charge is 2.15. The van der Waals surface area contributed by atoms with Crippen molar-refractivity contribution in [2.24, 2.45) is 0 Å². The van der Waals surface area contributed by atoms with E-state index in [0.717, 1.165) is 32.6 Å². The van der Waals surface area contributed by atoms with E-state index in [-0.39, 0.29) is 11.3 Å². The van der Waals surface area contributed by atoms with Crippen LogP contribution in [0.15, 0.2) is 66.9 Å². The van der Waals surface area contributed by atoms with Crippen LogP contribution in [0.3, 0.4) is 0 Å². The highest BCUT2D eigenvalue weighted by molar-refractivity contribution is 6.31. The number of carbonyl (C=O) groups is 1. The van der Waals surface area contributed by atoms with E-state index in [1.54, 1.807) is 6.07 Å². The minimum atomic E-state index is -1.16. The predicted octanol–water partition coefficient (Wildman–Crippen LogP) is 5.59. The summed E-state index contributed by atoms with van der Waals surface area (Å²) >= 11 is 6.43. The van der Waals surface area contributed by atoms with E-state index in [1.807, 2.05) is 54.1 Å². The van der Waals surface area contributed by atoms with E-state index in [1.165, 1.54) is 12.1 Å². The summed E-state index contributed by atoms with van der Waals surface area (Å²) in [6.45, 7) is 2.04. The van der Waals surface area contributed by atoms with Gasteiger partial charge in [0.1, 0.15) is 11.3 Å². The first-order valence-electron chi connectivity index (χ1n) is 8.85. The van der Waals surface area contributed by atoms with Gasteiger partial charge in [-0.1, -0.05) is 41.9 Å². The maximum atomic E-state index is 11.2. The Morgan fingerprint density at radius 1 is 1.07 bits per heavy atom. The molecule has 0 unspecified atom stereocenters. The molecule has 5 heteroatoms. The second kappa shape index (κ2) is 7.06. The van der Waals surface area contributed by atoms with Crippen molar-refractivity contribution in [1.29, 1.82) is 0 Å². The van der Waals surface area contributed by atoms with Gasteiger partial charge < -0.3 is 14.8 Å². The molecule has 2 N–H and O–H groups in total. The van der Waals surface area contributed by atoms with Crippen LogP contribution in [0.4, 0.5) is 0 Å². The summed E-state index contributed by atoms with van der Waals surface area (Å²) in [4.78, 5) is 11.2. The molecule has 0 bridgehead atoms. The van der Waals surface area contributed by atoms with Gasteiger partial charge in [-0.25, -0.2) is 4.79 Å². The molecule has 0 atom stereocenters. The van der Waals surface area contributed by atoms with Crippen LogP contribution < -0.4 is 0 Å². The molecule has 4 rings (SSSR count). The number of hydrogen-bond acceptors (Lipinski definition) is 2. The molecule has 140 valence electrons. The molecule has 1 aromatic heterocycles. The zero-order valence-corrected chi connectivity index (χ0v) is 15.9. The van der Waals surface area contributed by atoms with E-state index in [4.69, 9.17) is 16.7 Å². The van der Waals surface area contributed by atoms with Crippen LogP contribution in [0.25, 0.3) is 16.6 Å². The molecule has 1 heterocycles. The Labute approximate surface area is 167 Å². The third-order valence-corrected chi connectivity index (χ3v) is 5.36. The Hall–Kier alpha value is -3.24. The zero-order valence-electron chi connectivity index (χ0n) is 15.2. The van der Waals surface area contributed by atoms with Crippen molar-refractivity contribution in [3.8, 4) is 11.4 Å². The summed E-state index contributed by atoms with van der Waals surface area (Å²) in [5.74, 6) is -1.41. The number of carboxylic acid groups (broad SMARTS) is 1. The maximum absolute atomic E-state index is 11.2. The lowest BCUT2D eigenvalue weighted by Gasteiger charge is -2.08. The van der Waals surface area contributed by atoms with Gasteiger partial charge in [-0.05, 0) is 47.9 Å². The monoisotopic (exact) mass is 391 g/mol. The van der Waals surface area contributed by atoms with Gasteiger partial charge in [-0.3, -0.25) is 0 Å². The molecule has 4 aromatic rings. The number of carboxylic acids is 1. The van der Waals surface area contributed by atoms with Crippen LogP contribution in [0.2, 0.25) is 5.02 Å². The Morgan fingerprint density at radius 3 is 2.57 bits per heavy atom. The van der Waals surface area contributed by atoms with Gasteiger partial charge in [0.25, 0.3) is 0 Å². The Balaban J connectivity index is 1.86. The second-order valence-electron chi connectivity index (χ2n) is 6.76. The number of hydrogen-bond donors (Lipinski definition) is 2. The molecule has 0 fully saturated rings. The number of aromatic carboxylic acids is 1. The van der Waals surface area contributed by atoms with E-state index in [9.17, 15) is 9.90 Å². The summed E-state index contributed by atoms with van der Waals surface area (Å²) in [7, 11) is 0. The van der Waals surface area contributed by atoms with Crippen LogP contribution in [0.5, 0.6) is 5.75 Å². The van der Waals surface area contributed by atoms with Gasteiger partial charge in [-0.15, -0.1) is 0 Å². The fourth-order valence-corrected chi connectivity index (χ4v) is 3.82. The van der Waals surface area contributed by atoms with Gasteiger partial charge in [0.05, 0.1) is 5.52 Å². The van der Waals surface area contributed by atoms with Crippen molar-refractivity contribution in [3.63, 3.8) is 0 Å². The molecular weight excluding hydrogens is 374 g/mol. The highest BCUT2D eigenvalue weighted by atomic mass is 35.5. The SMILES string of the molecule is Cc1cccc(Cl)c1Cc1cn(-c2ccc(C(=O)O)c(O)c2)c2ccccc12. The van der Waals surface area contributed by atoms with Gasteiger partial charge >= 0.3 is 5.97 Å². The molecule has 0 aliphatic rings. The van der Waals surface area contributed by atoms with Crippen LogP contribution in [0, 0.1) is 6.92 Å². The van der Waals surface area contributed by atoms with E-state index < -0.39 is 5.97 Å². The number of aromatic hydroxyl groups is 1. The van der Waals surface area contributed by atoms with Crippen molar-refractivity contribution in [2.75, 3.05) is 0 Å². The molecule has 28 heavy (non-hydrogen) atoms. The average Bonchev–Trinajstić information content (AvgIpc) is 3.03. The van der Waals surface area contributed by atoms with Gasteiger partial charge in [-0.2, -0.15) is 0 Å². The fraction of sp³-hybridized carbons (Fsp3) is 0.0870. The quantitative estimate of drug-likeness (QED) is 0.477. The van der Waals surface area contributed by atoms with Crippen molar-refractivity contribution < 1.29 is 15.0 Å². The van der Waals surface area contributed by atoms with Crippen molar-refractivity contribution in [1.82, 2.24) is 4.57 Å². The predicted molar refractivity (Wildman–Crippen MR) is 111 cm³/mol. The number of rotatable bonds is 4. The van der Waals surface area contributed by atoms with Crippen LogP contribution in [0.1, 0.15) is 27.0 Å². The second-order valence-corrected chi connectivity index (χ2v) is 7.17. The summed E-state index contributed by atoms with van der Waals surface area (Å²) < 4.78 is 1.96. The molecule has 0 amide bonds. The summed E-state index contributed by atoms with van der Waals surface area (Å²) in [6, 6.07) is 18.5. The minimum absolute atomic E-state index is 0.118. The molecule has 0 radical (unpaired) electrons. The number of para-hydroxylation sites is 1. The normalized spacial score (nSPS) is 11.1.